The quantitative estimate of drug-likeness (QED) is 0.726. The molecule has 0 amide bonds. The summed E-state index contributed by atoms with van der Waals surface area (Å²) in [6, 6.07) is 8.25. The Morgan fingerprint density at radius 1 is 1.14 bits per heavy atom. The van der Waals surface area contributed by atoms with E-state index in [-0.39, 0.29) is 5.75 Å². The Morgan fingerprint density at radius 2 is 1.93 bits per heavy atom. The molecule has 2 N–H and O–H groups in total. The molecule has 2 aromatic carbocycles. The third-order valence-electron chi connectivity index (χ3n) is 2.25. The highest BCUT2D eigenvalue weighted by Crippen LogP contribution is 2.31. The third-order valence-corrected chi connectivity index (χ3v) is 2.25. The van der Waals surface area contributed by atoms with Crippen molar-refractivity contribution in [1.82, 2.24) is 0 Å². The van der Waals surface area contributed by atoms with Crippen molar-refractivity contribution in [2.24, 2.45) is 0 Å². The summed E-state index contributed by atoms with van der Waals surface area (Å²) in [7, 11) is 1.79. The molecule has 0 aliphatic rings. The summed E-state index contributed by atoms with van der Waals surface area (Å²) in [6.07, 6.45) is 0. The first-order valence-electron chi connectivity index (χ1n) is 4.32. The molecule has 0 aliphatic heterocycles. The molecule has 0 heterocycles. The van der Waals surface area contributed by atoms with E-state index in [4.69, 9.17) is 0 Å². The molecule has 0 radical (unpaired) electrons. The maximum Gasteiger partial charge on any atom is 0.165 e. The van der Waals surface area contributed by atoms with Crippen LogP contribution in [0.25, 0.3) is 10.8 Å². The van der Waals surface area contributed by atoms with Gasteiger partial charge in [-0.25, -0.2) is 4.39 Å². The van der Waals surface area contributed by atoms with Crippen LogP contribution in [0, 0.1) is 5.82 Å². The smallest absolute Gasteiger partial charge is 0.165 e. The number of anilines is 1. The standard InChI is InChI=1S/C11H10FNO/c1-13-10-4-2-3-8-7(10)5-6-9(12)11(8)14/h2-6,13-14H,1H3. The number of benzene rings is 2. The lowest BCUT2D eigenvalue weighted by molar-refractivity contribution is 0.439. The minimum Gasteiger partial charge on any atom is -0.504 e. The lowest BCUT2D eigenvalue weighted by atomic mass is 10.1. The molecule has 0 saturated heterocycles. The maximum atomic E-state index is 13.0. The minimum atomic E-state index is -0.592. The van der Waals surface area contributed by atoms with Gasteiger partial charge in [-0.2, -0.15) is 0 Å². The van der Waals surface area contributed by atoms with Crippen LogP contribution in [0.15, 0.2) is 30.3 Å². The molecule has 0 atom stereocenters. The summed E-state index contributed by atoms with van der Waals surface area (Å²) in [5, 5.41) is 13.8. The number of hydrogen-bond acceptors (Lipinski definition) is 2. The summed E-state index contributed by atoms with van der Waals surface area (Å²) in [4.78, 5) is 0. The lowest BCUT2D eigenvalue weighted by Crippen LogP contribution is -1.89. The van der Waals surface area contributed by atoms with Gasteiger partial charge in [0.1, 0.15) is 0 Å². The number of fused-ring (bicyclic) bond motifs is 1. The highest BCUT2D eigenvalue weighted by Gasteiger charge is 2.07. The van der Waals surface area contributed by atoms with E-state index in [1.165, 1.54) is 6.07 Å². The highest BCUT2D eigenvalue weighted by atomic mass is 19.1. The van der Waals surface area contributed by atoms with Crippen molar-refractivity contribution in [3.63, 3.8) is 0 Å². The van der Waals surface area contributed by atoms with Gasteiger partial charge in [-0.15, -0.1) is 0 Å². The molecule has 3 heteroatoms. The molecule has 2 aromatic rings. The fourth-order valence-electron chi connectivity index (χ4n) is 1.53. The zero-order valence-electron chi connectivity index (χ0n) is 7.71. The van der Waals surface area contributed by atoms with Crippen molar-refractivity contribution >= 4 is 16.5 Å². The van der Waals surface area contributed by atoms with Crippen LogP contribution in [0.2, 0.25) is 0 Å². The topological polar surface area (TPSA) is 32.3 Å². The van der Waals surface area contributed by atoms with E-state index in [0.717, 1.165) is 11.1 Å². The number of phenolic OH excluding ortho intramolecular Hbond substituents is 1. The van der Waals surface area contributed by atoms with Crippen LogP contribution in [0.3, 0.4) is 0 Å². The van der Waals surface area contributed by atoms with Crippen LogP contribution in [-0.4, -0.2) is 12.2 Å². The number of hydrogen-bond donors (Lipinski definition) is 2. The molecule has 2 nitrogen and oxygen atoms in total. The molecule has 0 bridgehead atoms. The van der Waals surface area contributed by atoms with Crippen molar-refractivity contribution in [2.75, 3.05) is 12.4 Å². The molecule has 0 saturated carbocycles. The Labute approximate surface area is 81.0 Å². The Balaban J connectivity index is 2.86. The average molecular weight is 191 g/mol. The molecular formula is C11H10FNO. The second kappa shape index (κ2) is 3.18. The molecule has 72 valence electrons. The molecule has 2 rings (SSSR count). The predicted molar refractivity (Wildman–Crippen MR) is 55.1 cm³/mol. The van der Waals surface area contributed by atoms with Gasteiger partial charge in [-0.1, -0.05) is 12.1 Å². The lowest BCUT2D eigenvalue weighted by Gasteiger charge is -2.07. The fourth-order valence-corrected chi connectivity index (χ4v) is 1.53. The average Bonchev–Trinajstić information content (AvgIpc) is 2.23. The predicted octanol–water partition coefficient (Wildman–Crippen LogP) is 2.73. The van der Waals surface area contributed by atoms with Crippen molar-refractivity contribution in [3.8, 4) is 5.75 Å². The first-order chi connectivity index (χ1) is 6.74. The SMILES string of the molecule is CNc1cccc2c(O)c(F)ccc12. The molecular weight excluding hydrogens is 181 g/mol. The van der Waals surface area contributed by atoms with Gasteiger partial charge in [0.15, 0.2) is 11.6 Å². The first kappa shape index (κ1) is 8.81. The Hall–Kier alpha value is -1.77. The van der Waals surface area contributed by atoms with E-state index < -0.39 is 5.82 Å². The second-order valence-corrected chi connectivity index (χ2v) is 3.05. The molecule has 0 aromatic heterocycles. The van der Waals surface area contributed by atoms with Crippen molar-refractivity contribution in [3.05, 3.63) is 36.1 Å². The van der Waals surface area contributed by atoms with E-state index >= 15 is 0 Å². The van der Waals surface area contributed by atoms with E-state index in [2.05, 4.69) is 5.32 Å². The summed E-state index contributed by atoms with van der Waals surface area (Å²) in [5.74, 6) is -0.884. The minimum absolute atomic E-state index is 0.292. The number of halogens is 1. The van der Waals surface area contributed by atoms with E-state index in [1.807, 2.05) is 6.07 Å². The number of rotatable bonds is 1. The van der Waals surface area contributed by atoms with Gasteiger partial charge in [0.05, 0.1) is 0 Å². The highest BCUT2D eigenvalue weighted by molar-refractivity contribution is 5.97. The first-order valence-corrected chi connectivity index (χ1v) is 4.32. The van der Waals surface area contributed by atoms with Gasteiger partial charge in [-0.05, 0) is 18.2 Å². The van der Waals surface area contributed by atoms with Gasteiger partial charge in [0, 0.05) is 23.5 Å². The molecule has 0 unspecified atom stereocenters. The summed E-state index contributed by atoms with van der Waals surface area (Å²) >= 11 is 0. The van der Waals surface area contributed by atoms with Crippen molar-refractivity contribution in [2.45, 2.75) is 0 Å². The zero-order chi connectivity index (χ0) is 10.1. The van der Waals surface area contributed by atoms with Crippen LogP contribution < -0.4 is 5.32 Å². The summed E-state index contributed by atoms with van der Waals surface area (Å²) in [5.41, 5.74) is 0.873. The van der Waals surface area contributed by atoms with Crippen molar-refractivity contribution < 1.29 is 9.50 Å². The zero-order valence-corrected chi connectivity index (χ0v) is 7.71. The van der Waals surface area contributed by atoms with Crippen LogP contribution in [0.4, 0.5) is 10.1 Å². The molecule has 0 spiro atoms. The maximum absolute atomic E-state index is 13.0. The van der Waals surface area contributed by atoms with Gasteiger partial charge < -0.3 is 10.4 Å². The monoisotopic (exact) mass is 191 g/mol. The number of phenols is 1. The fraction of sp³-hybridized carbons (Fsp3) is 0.0909. The van der Waals surface area contributed by atoms with Gasteiger partial charge >= 0.3 is 0 Å². The summed E-state index contributed by atoms with van der Waals surface area (Å²) in [6.45, 7) is 0. The van der Waals surface area contributed by atoms with Crippen molar-refractivity contribution in [1.29, 1.82) is 0 Å². The Kier molecular flexibility index (Phi) is 2.00. The van der Waals surface area contributed by atoms with E-state index in [0.29, 0.717) is 5.39 Å². The third kappa shape index (κ3) is 1.18. The van der Waals surface area contributed by atoms with Crippen LogP contribution >= 0.6 is 0 Å². The molecule has 0 fully saturated rings. The van der Waals surface area contributed by atoms with E-state index in [9.17, 15) is 9.50 Å². The van der Waals surface area contributed by atoms with Crippen LogP contribution in [-0.2, 0) is 0 Å². The summed E-state index contributed by atoms with van der Waals surface area (Å²) < 4.78 is 13.0. The Bertz CT molecular complexity index is 482. The number of aromatic hydroxyl groups is 1. The molecule has 0 aliphatic carbocycles. The van der Waals surface area contributed by atoms with Crippen LogP contribution in [0.1, 0.15) is 0 Å². The van der Waals surface area contributed by atoms with E-state index in [1.54, 1.807) is 25.2 Å². The Morgan fingerprint density at radius 3 is 2.64 bits per heavy atom. The normalized spacial score (nSPS) is 10.4. The second-order valence-electron chi connectivity index (χ2n) is 3.05. The number of nitrogens with one attached hydrogen (secondary N) is 1. The van der Waals surface area contributed by atoms with Gasteiger partial charge in [-0.3, -0.25) is 0 Å². The largest absolute Gasteiger partial charge is 0.504 e. The van der Waals surface area contributed by atoms with Gasteiger partial charge in [0.25, 0.3) is 0 Å². The van der Waals surface area contributed by atoms with Gasteiger partial charge in [0.2, 0.25) is 0 Å². The van der Waals surface area contributed by atoms with Crippen LogP contribution in [0.5, 0.6) is 5.75 Å². The molecule has 14 heavy (non-hydrogen) atoms.